The smallest absolute Gasteiger partial charge is 0.378 e. The van der Waals surface area contributed by atoms with Crippen LogP contribution in [0.1, 0.15) is 5.69 Å². The molecule has 0 unspecified atom stereocenters. The molecule has 0 fully saturated rings. The first-order chi connectivity index (χ1) is 9.26. The monoisotopic (exact) mass is 255 g/mol. The van der Waals surface area contributed by atoms with E-state index in [9.17, 15) is 4.79 Å². The lowest BCUT2D eigenvalue weighted by atomic mass is 10.1. The molecule has 2 heterocycles. The van der Waals surface area contributed by atoms with Gasteiger partial charge in [-0.3, -0.25) is 4.98 Å². The molecule has 0 aliphatic rings. The van der Waals surface area contributed by atoms with Crippen LogP contribution in [0.25, 0.3) is 11.1 Å². The number of carbonyl (C=O) groups is 1. The molecule has 94 valence electrons. The number of rotatable bonds is 4. The first-order valence-electron chi connectivity index (χ1n) is 5.37. The fourth-order valence-corrected chi connectivity index (χ4v) is 1.59. The second kappa shape index (κ2) is 5.86. The van der Waals surface area contributed by atoms with Gasteiger partial charge in [0, 0.05) is 18.6 Å². The van der Waals surface area contributed by atoms with E-state index in [2.05, 4.69) is 24.6 Å². The number of nitrogens with one attached hydrogen (secondary N) is 1. The highest BCUT2D eigenvalue weighted by Gasteiger charge is 2.17. The molecule has 2 rings (SSSR count). The van der Waals surface area contributed by atoms with Gasteiger partial charge in [-0.1, -0.05) is 5.16 Å². The maximum absolute atomic E-state index is 11.5. The van der Waals surface area contributed by atoms with Gasteiger partial charge in [0.05, 0.1) is 5.69 Å². The third kappa shape index (κ3) is 2.82. The van der Waals surface area contributed by atoms with Gasteiger partial charge in [-0.15, -0.1) is 0 Å². The first-order valence-corrected chi connectivity index (χ1v) is 5.37. The summed E-state index contributed by atoms with van der Waals surface area (Å²) in [7, 11) is 6.18. The molecule has 0 spiro atoms. The van der Waals surface area contributed by atoms with Crippen LogP contribution in [-0.2, 0) is 14.3 Å². The average Bonchev–Trinajstić information content (AvgIpc) is 2.94. The number of oxime groups is 1. The van der Waals surface area contributed by atoms with E-state index < -0.39 is 5.97 Å². The second-order valence-corrected chi connectivity index (χ2v) is 3.57. The molecule has 0 aliphatic heterocycles. The number of carbonyl (C=O) groups excluding carboxylic acids is 1. The predicted molar refractivity (Wildman–Crippen MR) is 69.4 cm³/mol. The maximum Gasteiger partial charge on any atom is 0.378 e. The minimum atomic E-state index is -0.787. The average molecular weight is 255 g/mol. The van der Waals surface area contributed by atoms with E-state index >= 15 is 0 Å². The second-order valence-electron chi connectivity index (χ2n) is 3.57. The third-order valence-electron chi connectivity index (χ3n) is 2.43. The summed E-state index contributed by atoms with van der Waals surface area (Å²) in [6, 6.07) is 5.44. The van der Waals surface area contributed by atoms with Gasteiger partial charge in [0.1, 0.15) is 7.11 Å². The fourth-order valence-electron chi connectivity index (χ4n) is 1.59. The Morgan fingerprint density at radius 1 is 1.37 bits per heavy atom. The van der Waals surface area contributed by atoms with Crippen LogP contribution in [0.3, 0.4) is 0 Å². The largest absolute Gasteiger partial charge is 0.539 e. The van der Waals surface area contributed by atoms with Gasteiger partial charge >= 0.3 is 14.0 Å². The third-order valence-corrected chi connectivity index (χ3v) is 2.43. The SMILES string of the molecule is [B]OC(=O)C(=NOC)c1cc(-c2ccncc2)c[nH]1. The number of hydrogen-bond donors (Lipinski definition) is 1. The van der Waals surface area contributed by atoms with E-state index in [-0.39, 0.29) is 5.71 Å². The molecule has 6 nitrogen and oxygen atoms in total. The van der Waals surface area contributed by atoms with Crippen molar-refractivity contribution in [3.63, 3.8) is 0 Å². The van der Waals surface area contributed by atoms with Gasteiger partial charge in [0.2, 0.25) is 5.71 Å². The van der Waals surface area contributed by atoms with Crippen molar-refractivity contribution in [3.05, 3.63) is 42.5 Å². The summed E-state index contributed by atoms with van der Waals surface area (Å²) < 4.78 is 4.15. The number of aromatic nitrogens is 2. The van der Waals surface area contributed by atoms with Crippen molar-refractivity contribution in [2.75, 3.05) is 7.11 Å². The van der Waals surface area contributed by atoms with Gasteiger partial charge in [0.15, 0.2) is 0 Å². The van der Waals surface area contributed by atoms with Gasteiger partial charge in [0.25, 0.3) is 0 Å². The Balaban J connectivity index is 2.35. The molecule has 1 N–H and O–H groups in total. The number of H-pyrrole nitrogens is 1. The quantitative estimate of drug-likeness (QED) is 0.503. The van der Waals surface area contributed by atoms with E-state index in [0.29, 0.717) is 5.69 Å². The van der Waals surface area contributed by atoms with E-state index in [1.807, 2.05) is 12.1 Å². The highest BCUT2D eigenvalue weighted by molar-refractivity contribution is 6.45. The molecule has 0 bridgehead atoms. The van der Waals surface area contributed by atoms with Crippen molar-refractivity contribution in [1.82, 2.24) is 9.97 Å². The fraction of sp³-hybridized carbons (Fsp3) is 0.0833. The molecule has 0 amide bonds. The van der Waals surface area contributed by atoms with Gasteiger partial charge in [-0.2, -0.15) is 0 Å². The van der Waals surface area contributed by atoms with Crippen molar-refractivity contribution in [3.8, 4) is 11.1 Å². The summed E-state index contributed by atoms with van der Waals surface area (Å²) in [5.41, 5.74) is 2.25. The molecule has 0 saturated heterocycles. The van der Waals surface area contributed by atoms with Crippen LogP contribution in [-0.4, -0.2) is 36.8 Å². The van der Waals surface area contributed by atoms with Crippen LogP contribution >= 0.6 is 0 Å². The van der Waals surface area contributed by atoms with Crippen molar-refractivity contribution < 1.29 is 14.3 Å². The zero-order chi connectivity index (χ0) is 13.7. The van der Waals surface area contributed by atoms with Crippen molar-refractivity contribution in [1.29, 1.82) is 0 Å². The molecular weight excluding hydrogens is 245 g/mol. The van der Waals surface area contributed by atoms with E-state index in [1.54, 1.807) is 24.7 Å². The number of pyridine rings is 1. The molecule has 19 heavy (non-hydrogen) atoms. The summed E-state index contributed by atoms with van der Waals surface area (Å²) in [5, 5.41) is 3.59. The lowest BCUT2D eigenvalue weighted by Gasteiger charge is -2.01. The Kier molecular flexibility index (Phi) is 3.97. The van der Waals surface area contributed by atoms with Crippen molar-refractivity contribution >= 4 is 19.7 Å². The van der Waals surface area contributed by atoms with Crippen LogP contribution in [0.4, 0.5) is 0 Å². The Morgan fingerprint density at radius 2 is 2.11 bits per heavy atom. The van der Waals surface area contributed by atoms with Crippen molar-refractivity contribution in [2.45, 2.75) is 0 Å². The molecule has 2 radical (unpaired) electrons. The molecule has 7 heteroatoms. The minimum absolute atomic E-state index is 0.0368. The lowest BCUT2D eigenvalue weighted by Crippen LogP contribution is -2.18. The first kappa shape index (κ1) is 12.9. The van der Waals surface area contributed by atoms with E-state index in [0.717, 1.165) is 11.1 Å². The summed E-state index contributed by atoms with van der Waals surface area (Å²) in [4.78, 5) is 22.9. The maximum atomic E-state index is 11.5. The highest BCUT2D eigenvalue weighted by Crippen LogP contribution is 2.19. The van der Waals surface area contributed by atoms with Crippen LogP contribution < -0.4 is 0 Å². The lowest BCUT2D eigenvalue weighted by molar-refractivity contribution is -0.126. The van der Waals surface area contributed by atoms with E-state index in [4.69, 9.17) is 8.05 Å². The Hall–Kier alpha value is -2.57. The molecule has 0 aliphatic carbocycles. The van der Waals surface area contributed by atoms with Crippen molar-refractivity contribution in [2.24, 2.45) is 5.16 Å². The van der Waals surface area contributed by atoms with Gasteiger partial charge < -0.3 is 14.5 Å². The summed E-state index contributed by atoms with van der Waals surface area (Å²) in [6.45, 7) is 0. The zero-order valence-electron chi connectivity index (χ0n) is 10.2. The van der Waals surface area contributed by atoms with Gasteiger partial charge in [-0.05, 0) is 29.3 Å². The Morgan fingerprint density at radius 3 is 2.74 bits per heavy atom. The normalized spacial score (nSPS) is 11.1. The molecule has 2 aromatic heterocycles. The van der Waals surface area contributed by atoms with Crippen LogP contribution in [0.15, 0.2) is 41.9 Å². The number of nitrogens with zero attached hydrogens (tertiary/aromatic N) is 2. The summed E-state index contributed by atoms with van der Waals surface area (Å²) in [6.07, 6.45) is 5.10. The van der Waals surface area contributed by atoms with Gasteiger partial charge in [-0.25, -0.2) is 4.79 Å². The van der Waals surface area contributed by atoms with E-state index in [1.165, 1.54) is 7.11 Å². The minimum Gasteiger partial charge on any atom is -0.539 e. The topological polar surface area (TPSA) is 76.6 Å². The number of hydrogen-bond acceptors (Lipinski definition) is 5. The molecule has 0 saturated carbocycles. The highest BCUT2D eigenvalue weighted by atomic mass is 16.6. The molecule has 0 atom stereocenters. The summed E-state index contributed by atoms with van der Waals surface area (Å²) >= 11 is 0. The standard InChI is InChI=1S/C12H10BN3O3/c1-18-16-11(12(17)19-13)10-6-9(7-15-10)8-2-4-14-5-3-8/h2-7,15H,1H3. The molecule has 2 aromatic rings. The zero-order valence-corrected chi connectivity index (χ0v) is 10.2. The molecule has 0 aromatic carbocycles. The molecular formula is C12H10BN3O3. The predicted octanol–water partition coefficient (Wildman–Crippen LogP) is 1.05. The Bertz CT molecular complexity index is 595. The Labute approximate surface area is 110 Å². The number of aromatic amines is 1. The van der Waals surface area contributed by atoms with Crippen LogP contribution in [0, 0.1) is 0 Å². The van der Waals surface area contributed by atoms with Crippen LogP contribution in [0.2, 0.25) is 0 Å². The van der Waals surface area contributed by atoms with Crippen LogP contribution in [0.5, 0.6) is 0 Å². The summed E-state index contributed by atoms with van der Waals surface area (Å²) in [5.74, 6) is -0.787.